The molecule has 0 aliphatic rings. The van der Waals surface area contributed by atoms with Gasteiger partial charge in [-0.1, -0.05) is 65.7 Å². The normalized spacial score (nSPS) is 11.8. The molecule has 0 unspecified atom stereocenters. The molecule has 0 bridgehead atoms. The summed E-state index contributed by atoms with van der Waals surface area (Å²) in [7, 11) is 0. The van der Waals surface area contributed by atoms with E-state index < -0.39 is 0 Å². The van der Waals surface area contributed by atoms with Crippen molar-refractivity contribution in [3.05, 3.63) is 139 Å². The van der Waals surface area contributed by atoms with Gasteiger partial charge < -0.3 is 13.4 Å². The summed E-state index contributed by atoms with van der Waals surface area (Å²) in [5, 5.41) is 2.20. The smallest absolute Gasteiger partial charge is 0.227 e. The molecule has 9 aromatic rings. The summed E-state index contributed by atoms with van der Waals surface area (Å²) in [5.74, 6) is 1.21. The minimum Gasteiger partial charge on any atom is -0.436 e. The van der Waals surface area contributed by atoms with Crippen LogP contribution >= 0.6 is 0 Å². The van der Waals surface area contributed by atoms with Gasteiger partial charge in [-0.25, -0.2) is 9.97 Å². The third kappa shape index (κ3) is 4.24. The molecular formula is C40H27N3O2. The van der Waals surface area contributed by atoms with Crippen LogP contribution in [0.1, 0.15) is 11.1 Å². The van der Waals surface area contributed by atoms with E-state index in [1.807, 2.05) is 48.5 Å². The monoisotopic (exact) mass is 581 g/mol. The average Bonchev–Trinajstić information content (AvgIpc) is 3.78. The van der Waals surface area contributed by atoms with Crippen LogP contribution in [0.3, 0.4) is 0 Å². The van der Waals surface area contributed by atoms with Crippen LogP contribution in [0.25, 0.3) is 83.7 Å². The Bertz CT molecular complexity index is 2350. The average molecular weight is 582 g/mol. The maximum absolute atomic E-state index is 6.16. The first-order valence-corrected chi connectivity index (χ1v) is 15.1. The number of rotatable bonds is 4. The number of para-hydroxylation sites is 4. The molecule has 0 atom stereocenters. The molecule has 0 aliphatic carbocycles. The molecule has 0 saturated heterocycles. The zero-order chi connectivity index (χ0) is 30.1. The second-order valence-corrected chi connectivity index (χ2v) is 11.7. The Morgan fingerprint density at radius 1 is 0.467 bits per heavy atom. The first-order chi connectivity index (χ1) is 22.1. The van der Waals surface area contributed by atoms with E-state index in [2.05, 4.69) is 97.3 Å². The zero-order valence-electron chi connectivity index (χ0n) is 24.8. The van der Waals surface area contributed by atoms with E-state index in [4.69, 9.17) is 18.8 Å². The SMILES string of the molecule is Cc1cc(C)cc(-c2ccc(-n3c4ccc(-c5nc6ccccc6o5)cc4c4cc(-c5nc6ccccc6o5)ccc43)cc2)c1. The molecule has 0 radical (unpaired) electrons. The van der Waals surface area contributed by atoms with Crippen LogP contribution < -0.4 is 0 Å². The first-order valence-electron chi connectivity index (χ1n) is 15.1. The summed E-state index contributed by atoms with van der Waals surface area (Å²) in [6.45, 7) is 4.29. The van der Waals surface area contributed by atoms with Crippen molar-refractivity contribution in [1.29, 1.82) is 0 Å². The lowest BCUT2D eigenvalue weighted by atomic mass is 10.0. The number of aromatic nitrogens is 3. The van der Waals surface area contributed by atoms with Crippen molar-refractivity contribution in [2.45, 2.75) is 13.8 Å². The Balaban J connectivity index is 1.24. The third-order valence-corrected chi connectivity index (χ3v) is 8.53. The predicted octanol–water partition coefficient (Wildman–Crippen LogP) is 10.7. The number of hydrogen-bond acceptors (Lipinski definition) is 4. The molecule has 45 heavy (non-hydrogen) atoms. The summed E-state index contributed by atoms with van der Waals surface area (Å²) in [6, 6.07) is 44.1. The highest BCUT2D eigenvalue weighted by Crippen LogP contribution is 2.38. The van der Waals surface area contributed by atoms with Crippen LogP contribution in [-0.4, -0.2) is 14.5 Å². The molecule has 0 aliphatic heterocycles. The van der Waals surface area contributed by atoms with Gasteiger partial charge in [0.2, 0.25) is 11.8 Å². The van der Waals surface area contributed by atoms with E-state index in [0.717, 1.165) is 60.8 Å². The number of nitrogens with zero attached hydrogens (tertiary/aromatic N) is 3. The van der Waals surface area contributed by atoms with E-state index in [-0.39, 0.29) is 0 Å². The van der Waals surface area contributed by atoms with Crippen molar-refractivity contribution in [2.24, 2.45) is 0 Å². The topological polar surface area (TPSA) is 57.0 Å². The van der Waals surface area contributed by atoms with Crippen LogP contribution in [-0.2, 0) is 0 Å². The number of fused-ring (bicyclic) bond motifs is 5. The highest BCUT2D eigenvalue weighted by atomic mass is 16.4. The Kier molecular flexibility index (Phi) is 5.56. The summed E-state index contributed by atoms with van der Waals surface area (Å²) in [4.78, 5) is 9.55. The van der Waals surface area contributed by atoms with Gasteiger partial charge in [0.15, 0.2) is 11.2 Å². The van der Waals surface area contributed by atoms with Gasteiger partial charge in [0.1, 0.15) is 11.0 Å². The quantitative estimate of drug-likeness (QED) is 0.207. The van der Waals surface area contributed by atoms with Gasteiger partial charge in [-0.05, 0) is 97.8 Å². The molecular weight excluding hydrogens is 554 g/mol. The summed E-state index contributed by atoms with van der Waals surface area (Å²) >= 11 is 0. The molecule has 214 valence electrons. The second kappa shape index (κ2) is 9.79. The van der Waals surface area contributed by atoms with Crippen LogP contribution in [0.4, 0.5) is 0 Å². The number of oxazole rings is 2. The Labute approximate surface area is 259 Å². The van der Waals surface area contributed by atoms with Crippen LogP contribution in [0.5, 0.6) is 0 Å². The molecule has 3 heterocycles. The Hall–Kier alpha value is -5.94. The van der Waals surface area contributed by atoms with Gasteiger partial charge in [0.25, 0.3) is 0 Å². The second-order valence-electron chi connectivity index (χ2n) is 11.7. The molecule has 6 aromatic carbocycles. The molecule has 5 nitrogen and oxygen atoms in total. The molecule has 0 N–H and O–H groups in total. The molecule has 0 spiro atoms. The van der Waals surface area contributed by atoms with Gasteiger partial charge in [0, 0.05) is 27.6 Å². The van der Waals surface area contributed by atoms with Crippen molar-refractivity contribution < 1.29 is 8.83 Å². The van der Waals surface area contributed by atoms with Gasteiger partial charge in [-0.3, -0.25) is 0 Å². The largest absolute Gasteiger partial charge is 0.436 e. The van der Waals surface area contributed by atoms with Crippen molar-refractivity contribution in [3.8, 4) is 39.7 Å². The van der Waals surface area contributed by atoms with Crippen LogP contribution in [0.15, 0.2) is 136 Å². The van der Waals surface area contributed by atoms with Gasteiger partial charge in [-0.2, -0.15) is 0 Å². The van der Waals surface area contributed by atoms with E-state index in [9.17, 15) is 0 Å². The van der Waals surface area contributed by atoms with Crippen molar-refractivity contribution in [1.82, 2.24) is 14.5 Å². The lowest BCUT2D eigenvalue weighted by molar-refractivity contribution is 0.619. The van der Waals surface area contributed by atoms with Gasteiger partial charge >= 0.3 is 0 Å². The molecule has 0 fully saturated rings. The highest BCUT2D eigenvalue weighted by Gasteiger charge is 2.18. The fourth-order valence-corrected chi connectivity index (χ4v) is 6.50. The van der Waals surface area contributed by atoms with Crippen LogP contribution in [0, 0.1) is 13.8 Å². The van der Waals surface area contributed by atoms with E-state index in [1.165, 1.54) is 22.3 Å². The van der Waals surface area contributed by atoms with E-state index in [1.54, 1.807) is 0 Å². The molecule has 5 heteroatoms. The lowest BCUT2D eigenvalue weighted by Gasteiger charge is -2.10. The lowest BCUT2D eigenvalue weighted by Crippen LogP contribution is -1.94. The zero-order valence-corrected chi connectivity index (χ0v) is 24.8. The minimum absolute atomic E-state index is 0.604. The number of benzene rings is 6. The van der Waals surface area contributed by atoms with E-state index in [0.29, 0.717) is 11.8 Å². The third-order valence-electron chi connectivity index (χ3n) is 8.53. The maximum Gasteiger partial charge on any atom is 0.227 e. The van der Waals surface area contributed by atoms with E-state index >= 15 is 0 Å². The van der Waals surface area contributed by atoms with Crippen molar-refractivity contribution in [2.75, 3.05) is 0 Å². The maximum atomic E-state index is 6.16. The fraction of sp³-hybridized carbons (Fsp3) is 0.0500. The fourth-order valence-electron chi connectivity index (χ4n) is 6.50. The Morgan fingerprint density at radius 2 is 0.956 bits per heavy atom. The van der Waals surface area contributed by atoms with Crippen molar-refractivity contribution in [3.63, 3.8) is 0 Å². The Morgan fingerprint density at radius 3 is 1.47 bits per heavy atom. The van der Waals surface area contributed by atoms with Crippen LogP contribution in [0.2, 0.25) is 0 Å². The minimum atomic E-state index is 0.604. The van der Waals surface area contributed by atoms with Gasteiger partial charge in [-0.15, -0.1) is 0 Å². The van der Waals surface area contributed by atoms with Crippen molar-refractivity contribution >= 4 is 44.0 Å². The summed E-state index contributed by atoms with van der Waals surface area (Å²) in [6.07, 6.45) is 0. The molecule has 0 saturated carbocycles. The standard InChI is InChI=1S/C40H27N3O2/c1-24-19-25(2)21-29(20-24)26-11-15-30(16-12-26)43-35-17-13-27(39-41-33-7-3-5-9-37(33)44-39)22-31(35)32-23-28(14-18-36(32)43)40-42-34-8-4-6-10-38(34)45-40/h3-23H,1-2H3. The summed E-state index contributed by atoms with van der Waals surface area (Å²) in [5.41, 5.74) is 13.3. The number of aryl methyl sites for hydroxylation is 2. The number of hydrogen-bond donors (Lipinski definition) is 0. The molecule has 3 aromatic heterocycles. The highest BCUT2D eigenvalue weighted by molar-refractivity contribution is 6.11. The summed E-state index contributed by atoms with van der Waals surface area (Å²) < 4.78 is 14.6. The molecule has 0 amide bonds. The van der Waals surface area contributed by atoms with Gasteiger partial charge in [0.05, 0.1) is 11.0 Å². The predicted molar refractivity (Wildman–Crippen MR) is 182 cm³/mol. The molecule has 9 rings (SSSR count). The first kappa shape index (κ1) is 25.5.